The Bertz CT molecular complexity index is 1150. The van der Waals surface area contributed by atoms with E-state index in [0.29, 0.717) is 30.2 Å². The van der Waals surface area contributed by atoms with Crippen LogP contribution in [0.15, 0.2) is 48.6 Å². The minimum atomic E-state index is -1.32. The van der Waals surface area contributed by atoms with Gasteiger partial charge < -0.3 is 24.5 Å². The van der Waals surface area contributed by atoms with E-state index in [1.54, 1.807) is 39.0 Å². The van der Waals surface area contributed by atoms with E-state index in [9.17, 15) is 19.5 Å². The van der Waals surface area contributed by atoms with Crippen molar-refractivity contribution in [3.63, 3.8) is 0 Å². The predicted molar refractivity (Wildman–Crippen MR) is 145 cm³/mol. The van der Waals surface area contributed by atoms with E-state index < -0.39 is 35.6 Å². The van der Waals surface area contributed by atoms with Crippen LogP contribution in [0.25, 0.3) is 0 Å². The first kappa shape index (κ1) is 26.9. The first-order valence-corrected chi connectivity index (χ1v) is 14.0. The lowest BCUT2D eigenvalue weighted by Crippen LogP contribution is -2.59. The first-order valence-electron chi connectivity index (χ1n) is 13.6. The molecule has 1 aromatic carbocycles. The van der Waals surface area contributed by atoms with Crippen LogP contribution >= 0.6 is 11.6 Å². The van der Waals surface area contributed by atoms with Crippen LogP contribution < -0.4 is 4.90 Å². The van der Waals surface area contributed by atoms with Gasteiger partial charge in [-0.25, -0.2) is 0 Å². The molecule has 2 saturated heterocycles. The molecule has 0 bridgehead atoms. The van der Waals surface area contributed by atoms with Gasteiger partial charge in [-0.1, -0.05) is 63.1 Å². The number of aliphatic hydroxyl groups is 1. The Morgan fingerprint density at radius 3 is 2.47 bits per heavy atom. The standard InChI is InChI=1S/C29H36ClN3O5/c1-4-14-31-15-6-8-22-23(26(31)35)24-27(36)33(21(17-34)18(3)5-2)25-28(37)32(16-7-13-29(24,25)38-22)20-11-9-19(30)10-12-20/h6-13,18,21-25,34H,4-5,14-17H2,1-3H3/t18-,21-,22-,23+,24-,25?,29-/m0/s1. The van der Waals surface area contributed by atoms with E-state index >= 15 is 0 Å². The molecule has 0 aromatic heterocycles. The summed E-state index contributed by atoms with van der Waals surface area (Å²) in [5, 5.41) is 11.0. The van der Waals surface area contributed by atoms with Crippen molar-refractivity contribution in [1.29, 1.82) is 0 Å². The fourth-order valence-electron chi connectivity index (χ4n) is 6.62. The number of carbonyl (C=O) groups excluding carboxylic acids is 3. The van der Waals surface area contributed by atoms with Gasteiger partial charge in [-0.05, 0) is 36.6 Å². The highest BCUT2D eigenvalue weighted by atomic mass is 35.5. The second kappa shape index (κ2) is 10.5. The number of halogens is 1. The smallest absolute Gasteiger partial charge is 0.253 e. The summed E-state index contributed by atoms with van der Waals surface area (Å²) in [4.78, 5) is 47.6. The van der Waals surface area contributed by atoms with Crippen molar-refractivity contribution in [1.82, 2.24) is 9.80 Å². The van der Waals surface area contributed by atoms with Crippen LogP contribution in [0, 0.1) is 17.8 Å². The quantitative estimate of drug-likeness (QED) is 0.536. The summed E-state index contributed by atoms with van der Waals surface area (Å²) < 4.78 is 6.69. The molecule has 8 nitrogen and oxygen atoms in total. The molecule has 1 spiro atoms. The van der Waals surface area contributed by atoms with Crippen LogP contribution in [0.1, 0.15) is 33.6 Å². The number of benzene rings is 1. The Morgan fingerprint density at radius 1 is 1.08 bits per heavy atom. The Kier molecular flexibility index (Phi) is 7.42. The monoisotopic (exact) mass is 541 g/mol. The third-order valence-electron chi connectivity index (χ3n) is 8.66. The van der Waals surface area contributed by atoms with Crippen molar-refractivity contribution in [2.24, 2.45) is 17.8 Å². The van der Waals surface area contributed by atoms with Gasteiger partial charge in [-0.3, -0.25) is 14.4 Å². The molecule has 204 valence electrons. The predicted octanol–water partition coefficient (Wildman–Crippen LogP) is 3.04. The summed E-state index contributed by atoms with van der Waals surface area (Å²) in [5.74, 6) is -2.40. The molecule has 0 aliphatic carbocycles. The molecular weight excluding hydrogens is 506 g/mol. The number of amides is 3. The minimum Gasteiger partial charge on any atom is -0.394 e. The van der Waals surface area contributed by atoms with Crippen molar-refractivity contribution < 1.29 is 24.2 Å². The average molecular weight is 542 g/mol. The molecule has 9 heteroatoms. The van der Waals surface area contributed by atoms with Crippen LogP contribution in [-0.4, -0.2) is 82.7 Å². The van der Waals surface area contributed by atoms with Gasteiger partial charge in [0.05, 0.1) is 30.6 Å². The molecule has 4 aliphatic rings. The largest absolute Gasteiger partial charge is 0.394 e. The van der Waals surface area contributed by atoms with Gasteiger partial charge in [0.25, 0.3) is 5.91 Å². The zero-order chi connectivity index (χ0) is 27.2. The highest BCUT2D eigenvalue weighted by molar-refractivity contribution is 6.30. The SMILES string of the molecule is CCCN1CC=C[C@@H]2O[C@]34C=CCN(c5ccc(Cl)cc5)C(=O)C3N([C@@H](CO)[C@@H](C)CC)C(=O)[C@@H]4[C@@H]2C1=O. The molecule has 1 N–H and O–H groups in total. The molecule has 1 aromatic rings. The molecule has 38 heavy (non-hydrogen) atoms. The maximum atomic E-state index is 14.4. The Labute approximate surface area is 228 Å². The molecule has 2 fully saturated rings. The molecule has 4 heterocycles. The van der Waals surface area contributed by atoms with Gasteiger partial charge in [0, 0.05) is 30.3 Å². The summed E-state index contributed by atoms with van der Waals surface area (Å²) >= 11 is 6.10. The number of nitrogens with zero attached hydrogens (tertiary/aromatic N) is 3. The molecule has 7 atom stereocenters. The third kappa shape index (κ3) is 4.08. The number of ether oxygens (including phenoxy) is 1. The van der Waals surface area contributed by atoms with Gasteiger partial charge >= 0.3 is 0 Å². The van der Waals surface area contributed by atoms with Crippen molar-refractivity contribution in [3.05, 3.63) is 53.6 Å². The van der Waals surface area contributed by atoms with Gasteiger partial charge in [0.15, 0.2) is 0 Å². The second-order valence-corrected chi connectivity index (χ2v) is 11.2. The lowest BCUT2D eigenvalue weighted by molar-refractivity contribution is -0.148. The molecular formula is C29H36ClN3O5. The van der Waals surface area contributed by atoms with E-state index in [0.717, 1.165) is 6.42 Å². The van der Waals surface area contributed by atoms with Crippen LogP contribution in [0.2, 0.25) is 5.02 Å². The van der Waals surface area contributed by atoms with Crippen LogP contribution in [0.4, 0.5) is 5.69 Å². The van der Waals surface area contributed by atoms with Gasteiger partial charge in [0.1, 0.15) is 11.6 Å². The number of carbonyl (C=O) groups is 3. The molecule has 4 aliphatic heterocycles. The molecule has 3 amide bonds. The average Bonchev–Trinajstić information content (AvgIpc) is 3.23. The van der Waals surface area contributed by atoms with Crippen molar-refractivity contribution in [3.8, 4) is 0 Å². The summed E-state index contributed by atoms with van der Waals surface area (Å²) in [6, 6.07) is 5.39. The molecule has 5 rings (SSSR count). The van der Waals surface area contributed by atoms with Crippen molar-refractivity contribution >= 4 is 35.0 Å². The summed E-state index contributed by atoms with van der Waals surface area (Å²) in [6.07, 6.45) is 8.38. The summed E-state index contributed by atoms with van der Waals surface area (Å²) in [5.41, 5.74) is -0.667. The molecule has 0 saturated carbocycles. The number of likely N-dealkylation sites (tertiary alicyclic amines) is 1. The molecule has 0 radical (unpaired) electrons. The third-order valence-corrected chi connectivity index (χ3v) is 8.91. The minimum absolute atomic E-state index is 0.0686. The van der Waals surface area contributed by atoms with E-state index in [1.165, 1.54) is 0 Å². The second-order valence-electron chi connectivity index (χ2n) is 10.8. The zero-order valence-corrected chi connectivity index (χ0v) is 22.9. The number of fused-ring (bicyclic) bond motifs is 2. The number of aliphatic hydroxyl groups excluding tert-OH is 1. The maximum Gasteiger partial charge on any atom is 0.253 e. The van der Waals surface area contributed by atoms with Crippen LogP contribution in [0.5, 0.6) is 0 Å². The highest BCUT2D eigenvalue weighted by Crippen LogP contribution is 2.54. The highest BCUT2D eigenvalue weighted by Gasteiger charge is 2.72. The Balaban J connectivity index is 1.64. The summed E-state index contributed by atoms with van der Waals surface area (Å²) in [6.45, 7) is 7.02. The van der Waals surface area contributed by atoms with E-state index in [-0.39, 0.29) is 36.8 Å². The Morgan fingerprint density at radius 2 is 1.82 bits per heavy atom. The van der Waals surface area contributed by atoms with Gasteiger partial charge in [-0.15, -0.1) is 0 Å². The maximum absolute atomic E-state index is 14.4. The molecule has 1 unspecified atom stereocenters. The lowest BCUT2D eigenvalue weighted by atomic mass is 9.77. The Hall–Kier alpha value is -2.68. The van der Waals surface area contributed by atoms with Crippen molar-refractivity contribution in [2.45, 2.75) is 57.4 Å². The van der Waals surface area contributed by atoms with Crippen LogP contribution in [-0.2, 0) is 19.1 Å². The zero-order valence-electron chi connectivity index (χ0n) is 22.1. The van der Waals surface area contributed by atoms with E-state index in [2.05, 4.69) is 0 Å². The van der Waals surface area contributed by atoms with Gasteiger partial charge in [-0.2, -0.15) is 0 Å². The van der Waals surface area contributed by atoms with Crippen molar-refractivity contribution in [2.75, 3.05) is 31.1 Å². The van der Waals surface area contributed by atoms with E-state index in [4.69, 9.17) is 16.3 Å². The fourth-order valence-corrected chi connectivity index (χ4v) is 6.75. The number of hydrogen-bond donors (Lipinski definition) is 1. The number of rotatable bonds is 7. The topological polar surface area (TPSA) is 90.4 Å². The number of hydrogen-bond acceptors (Lipinski definition) is 5. The lowest BCUT2D eigenvalue weighted by Gasteiger charge is -2.40. The first-order chi connectivity index (χ1) is 18.3. The number of anilines is 1. The summed E-state index contributed by atoms with van der Waals surface area (Å²) in [7, 11) is 0. The van der Waals surface area contributed by atoms with Crippen LogP contribution in [0.3, 0.4) is 0 Å². The van der Waals surface area contributed by atoms with E-state index in [1.807, 2.05) is 45.1 Å². The fraction of sp³-hybridized carbons (Fsp3) is 0.552. The normalized spacial score (nSPS) is 32.1. The van der Waals surface area contributed by atoms with Gasteiger partial charge in [0.2, 0.25) is 11.8 Å².